The van der Waals surface area contributed by atoms with Gasteiger partial charge in [0, 0.05) is 32.1 Å². The third kappa shape index (κ3) is 2.15. The molecule has 4 nitrogen and oxygen atoms in total. The molecule has 0 aliphatic heterocycles. The molecule has 84 valence electrons. The van der Waals surface area contributed by atoms with E-state index in [1.54, 1.807) is 7.11 Å². The van der Waals surface area contributed by atoms with Crippen LogP contribution in [0.5, 0.6) is 0 Å². The zero-order chi connectivity index (χ0) is 10.9. The molecule has 0 radical (unpaired) electrons. The van der Waals surface area contributed by atoms with Crippen molar-refractivity contribution in [1.29, 1.82) is 0 Å². The number of hydrogen-bond donors (Lipinski definition) is 1. The first-order chi connectivity index (χ1) is 7.15. The van der Waals surface area contributed by atoms with E-state index in [0.29, 0.717) is 18.1 Å². The molecule has 1 fully saturated rings. The van der Waals surface area contributed by atoms with Crippen molar-refractivity contribution in [3.63, 3.8) is 0 Å². The van der Waals surface area contributed by atoms with Crippen molar-refractivity contribution >= 4 is 5.95 Å². The van der Waals surface area contributed by atoms with Crippen molar-refractivity contribution in [2.24, 2.45) is 5.41 Å². The maximum absolute atomic E-state index is 5.00. The molecule has 1 heterocycles. The second-order valence-corrected chi connectivity index (χ2v) is 4.79. The van der Waals surface area contributed by atoms with Crippen molar-refractivity contribution in [3.05, 3.63) is 12.4 Å². The first-order valence-electron chi connectivity index (χ1n) is 5.41. The van der Waals surface area contributed by atoms with E-state index in [2.05, 4.69) is 34.9 Å². The maximum atomic E-state index is 5.00. The van der Waals surface area contributed by atoms with Crippen LogP contribution in [0.2, 0.25) is 0 Å². The number of anilines is 1. The lowest BCUT2D eigenvalue weighted by molar-refractivity contribution is 0.210. The summed E-state index contributed by atoms with van der Waals surface area (Å²) in [4.78, 5) is 4.31. The molecule has 2 rings (SSSR count). The first kappa shape index (κ1) is 10.5. The van der Waals surface area contributed by atoms with Crippen LogP contribution in [0.15, 0.2) is 12.4 Å². The van der Waals surface area contributed by atoms with Crippen molar-refractivity contribution in [2.75, 3.05) is 25.6 Å². The van der Waals surface area contributed by atoms with Crippen molar-refractivity contribution in [2.45, 2.75) is 26.3 Å². The number of nitrogens with one attached hydrogen (secondary N) is 1. The Morgan fingerprint density at radius 1 is 1.67 bits per heavy atom. The van der Waals surface area contributed by atoms with Gasteiger partial charge in [-0.2, -0.15) is 0 Å². The number of methoxy groups -OCH3 is 1. The molecule has 0 amide bonds. The summed E-state index contributed by atoms with van der Waals surface area (Å²) in [7, 11) is 1.71. The van der Waals surface area contributed by atoms with Gasteiger partial charge < -0.3 is 14.6 Å². The van der Waals surface area contributed by atoms with Gasteiger partial charge in [0.05, 0.1) is 6.61 Å². The van der Waals surface area contributed by atoms with Gasteiger partial charge in [-0.25, -0.2) is 4.98 Å². The van der Waals surface area contributed by atoms with Crippen molar-refractivity contribution in [1.82, 2.24) is 9.55 Å². The van der Waals surface area contributed by atoms with E-state index in [1.807, 2.05) is 6.20 Å². The Morgan fingerprint density at radius 3 is 3.00 bits per heavy atom. The highest BCUT2D eigenvalue weighted by atomic mass is 16.5. The van der Waals surface area contributed by atoms with E-state index in [0.717, 1.165) is 12.5 Å². The number of hydrogen-bond acceptors (Lipinski definition) is 3. The van der Waals surface area contributed by atoms with Crippen LogP contribution in [-0.4, -0.2) is 29.8 Å². The SMILES string of the molecule is COCCNc1nccn1C1CC1(C)C. The van der Waals surface area contributed by atoms with Gasteiger partial charge in [0.15, 0.2) is 0 Å². The van der Waals surface area contributed by atoms with E-state index in [4.69, 9.17) is 4.74 Å². The quantitative estimate of drug-likeness (QED) is 0.753. The fourth-order valence-electron chi connectivity index (χ4n) is 1.88. The molecule has 0 bridgehead atoms. The molecule has 4 heteroatoms. The number of rotatable bonds is 5. The molecule has 0 aromatic carbocycles. The molecule has 1 N–H and O–H groups in total. The number of aromatic nitrogens is 2. The highest BCUT2D eigenvalue weighted by Gasteiger charge is 2.47. The lowest BCUT2D eigenvalue weighted by Gasteiger charge is -2.10. The molecule has 1 atom stereocenters. The normalized spacial score (nSPS) is 22.7. The molecule has 0 spiro atoms. The molecule has 15 heavy (non-hydrogen) atoms. The average Bonchev–Trinajstić information content (AvgIpc) is 2.63. The Kier molecular flexibility index (Phi) is 2.69. The minimum Gasteiger partial charge on any atom is -0.383 e. The minimum absolute atomic E-state index is 0.429. The Bertz CT molecular complexity index is 332. The van der Waals surface area contributed by atoms with E-state index in [-0.39, 0.29) is 0 Å². The summed E-state index contributed by atoms with van der Waals surface area (Å²) in [5.74, 6) is 0.961. The summed E-state index contributed by atoms with van der Waals surface area (Å²) in [5, 5.41) is 3.28. The molecule has 1 saturated carbocycles. The summed E-state index contributed by atoms with van der Waals surface area (Å²) in [6, 6.07) is 0.602. The van der Waals surface area contributed by atoms with Crippen molar-refractivity contribution in [3.8, 4) is 0 Å². The minimum atomic E-state index is 0.429. The highest BCUT2D eigenvalue weighted by molar-refractivity contribution is 5.29. The van der Waals surface area contributed by atoms with Crippen LogP contribution in [0.1, 0.15) is 26.3 Å². The second kappa shape index (κ2) is 3.85. The molecule has 1 unspecified atom stereocenters. The van der Waals surface area contributed by atoms with Gasteiger partial charge >= 0.3 is 0 Å². The molecule has 1 aromatic rings. The largest absolute Gasteiger partial charge is 0.383 e. The van der Waals surface area contributed by atoms with Crippen LogP contribution in [0.3, 0.4) is 0 Å². The molecule has 1 aliphatic carbocycles. The fourth-order valence-corrected chi connectivity index (χ4v) is 1.88. The van der Waals surface area contributed by atoms with Crippen LogP contribution in [0.25, 0.3) is 0 Å². The lowest BCUT2D eigenvalue weighted by atomic mass is 10.2. The zero-order valence-electron chi connectivity index (χ0n) is 9.66. The van der Waals surface area contributed by atoms with Gasteiger partial charge in [0.1, 0.15) is 0 Å². The van der Waals surface area contributed by atoms with Crippen LogP contribution >= 0.6 is 0 Å². The number of ether oxygens (including phenoxy) is 1. The molecule has 1 aliphatic rings. The average molecular weight is 209 g/mol. The Hall–Kier alpha value is -1.03. The van der Waals surface area contributed by atoms with E-state index >= 15 is 0 Å². The van der Waals surface area contributed by atoms with E-state index < -0.39 is 0 Å². The second-order valence-electron chi connectivity index (χ2n) is 4.79. The zero-order valence-corrected chi connectivity index (χ0v) is 9.66. The van der Waals surface area contributed by atoms with Gasteiger partial charge in [0.2, 0.25) is 5.95 Å². The monoisotopic (exact) mass is 209 g/mol. The molecular formula is C11H19N3O. The third-order valence-electron chi connectivity index (χ3n) is 3.06. The summed E-state index contributed by atoms with van der Waals surface area (Å²) < 4.78 is 7.23. The van der Waals surface area contributed by atoms with Gasteiger partial charge in [-0.15, -0.1) is 0 Å². The maximum Gasteiger partial charge on any atom is 0.203 e. The van der Waals surface area contributed by atoms with Crippen LogP contribution in [0, 0.1) is 5.41 Å². The third-order valence-corrected chi connectivity index (χ3v) is 3.06. The summed E-state index contributed by atoms with van der Waals surface area (Å²) in [5.41, 5.74) is 0.429. The van der Waals surface area contributed by atoms with E-state index in [9.17, 15) is 0 Å². The molecule has 1 aromatic heterocycles. The summed E-state index contributed by atoms with van der Waals surface area (Å²) >= 11 is 0. The topological polar surface area (TPSA) is 39.1 Å². The first-order valence-corrected chi connectivity index (χ1v) is 5.41. The van der Waals surface area contributed by atoms with Crippen LogP contribution < -0.4 is 5.32 Å². The highest BCUT2D eigenvalue weighted by Crippen LogP contribution is 2.56. The van der Waals surface area contributed by atoms with Gasteiger partial charge in [-0.3, -0.25) is 0 Å². The Labute approximate surface area is 90.6 Å². The summed E-state index contributed by atoms with van der Waals surface area (Å²) in [6.07, 6.45) is 5.14. The van der Waals surface area contributed by atoms with Gasteiger partial charge in [-0.05, 0) is 11.8 Å². The van der Waals surface area contributed by atoms with Crippen LogP contribution in [0.4, 0.5) is 5.95 Å². The predicted octanol–water partition coefficient (Wildman–Crippen LogP) is 1.91. The van der Waals surface area contributed by atoms with Crippen molar-refractivity contribution < 1.29 is 4.74 Å². The van der Waals surface area contributed by atoms with Crippen LogP contribution in [-0.2, 0) is 4.74 Å². The Balaban J connectivity index is 1.97. The smallest absolute Gasteiger partial charge is 0.203 e. The molecular weight excluding hydrogens is 190 g/mol. The molecule has 0 saturated heterocycles. The number of nitrogens with zero attached hydrogens (tertiary/aromatic N) is 2. The fraction of sp³-hybridized carbons (Fsp3) is 0.727. The standard InChI is InChI=1S/C11H19N3O/c1-11(2)8-9(11)14-6-4-12-10(14)13-5-7-15-3/h4,6,9H,5,7-8H2,1-3H3,(H,12,13). The van der Waals surface area contributed by atoms with E-state index in [1.165, 1.54) is 6.42 Å². The summed E-state index contributed by atoms with van der Waals surface area (Å²) in [6.45, 7) is 6.09. The Morgan fingerprint density at radius 2 is 2.40 bits per heavy atom. The van der Waals surface area contributed by atoms with Gasteiger partial charge in [0.25, 0.3) is 0 Å². The van der Waals surface area contributed by atoms with Gasteiger partial charge in [-0.1, -0.05) is 13.8 Å². The number of imidazole rings is 1. The predicted molar refractivity (Wildman–Crippen MR) is 60.0 cm³/mol. The lowest BCUT2D eigenvalue weighted by Crippen LogP contribution is -2.12.